The second-order valence-electron chi connectivity index (χ2n) is 3.68. The molecule has 16 heavy (non-hydrogen) atoms. The maximum absolute atomic E-state index is 5.63. The summed E-state index contributed by atoms with van der Waals surface area (Å²) in [6, 6.07) is 10.3. The van der Waals surface area contributed by atoms with Gasteiger partial charge in [0.1, 0.15) is 5.75 Å². The third-order valence-corrected chi connectivity index (χ3v) is 2.52. The van der Waals surface area contributed by atoms with Crippen LogP contribution in [0.4, 0.5) is 0 Å². The van der Waals surface area contributed by atoms with Gasteiger partial charge in [0.15, 0.2) is 0 Å². The lowest BCUT2D eigenvalue weighted by Gasteiger charge is -2.15. The van der Waals surface area contributed by atoms with Crippen LogP contribution >= 0.6 is 0 Å². The Morgan fingerprint density at radius 1 is 1.31 bits per heavy atom. The zero-order valence-corrected chi connectivity index (χ0v) is 9.78. The Balaban J connectivity index is 2.21. The molecule has 0 heterocycles. The molecule has 0 spiro atoms. The highest BCUT2D eigenvalue weighted by atomic mass is 16.5. The first-order valence-electron chi connectivity index (χ1n) is 5.65. The van der Waals surface area contributed by atoms with Gasteiger partial charge in [-0.15, -0.1) is 12.3 Å². The van der Waals surface area contributed by atoms with Gasteiger partial charge in [-0.1, -0.05) is 18.2 Å². The van der Waals surface area contributed by atoms with Crippen LogP contribution in [0.5, 0.6) is 5.75 Å². The summed E-state index contributed by atoms with van der Waals surface area (Å²) in [5, 5.41) is 3.25. The zero-order valence-electron chi connectivity index (χ0n) is 9.78. The largest absolute Gasteiger partial charge is 0.494 e. The van der Waals surface area contributed by atoms with Crippen molar-refractivity contribution in [3.05, 3.63) is 30.3 Å². The van der Waals surface area contributed by atoms with E-state index in [1.807, 2.05) is 37.4 Å². The Hall–Kier alpha value is -1.46. The fraction of sp³-hybridized carbons (Fsp3) is 0.429. The van der Waals surface area contributed by atoms with Crippen molar-refractivity contribution in [3.63, 3.8) is 0 Å². The molecule has 0 aromatic heterocycles. The Morgan fingerprint density at radius 3 is 2.69 bits per heavy atom. The van der Waals surface area contributed by atoms with Gasteiger partial charge < -0.3 is 10.1 Å². The molecule has 0 amide bonds. The molecule has 0 saturated carbocycles. The van der Waals surface area contributed by atoms with Gasteiger partial charge in [0.2, 0.25) is 0 Å². The second-order valence-corrected chi connectivity index (χ2v) is 3.68. The molecule has 1 rings (SSSR count). The Bertz CT molecular complexity index is 315. The first-order chi connectivity index (χ1) is 7.86. The number of nitrogens with one attached hydrogen (secondary N) is 1. The van der Waals surface area contributed by atoms with Crippen molar-refractivity contribution in [1.82, 2.24) is 5.32 Å². The molecule has 2 nitrogen and oxygen atoms in total. The highest BCUT2D eigenvalue weighted by Gasteiger charge is 2.04. The number of terminal acetylenes is 1. The monoisotopic (exact) mass is 217 g/mol. The van der Waals surface area contributed by atoms with E-state index in [2.05, 4.69) is 11.2 Å². The first-order valence-corrected chi connectivity index (χ1v) is 5.65. The number of para-hydroxylation sites is 1. The molecule has 1 N–H and O–H groups in total. The van der Waals surface area contributed by atoms with Crippen molar-refractivity contribution in [2.45, 2.75) is 25.3 Å². The summed E-state index contributed by atoms with van der Waals surface area (Å²) in [4.78, 5) is 0. The van der Waals surface area contributed by atoms with Crippen LogP contribution in [0.25, 0.3) is 0 Å². The SMILES string of the molecule is C#CCCC(CCOc1ccccc1)NC. The average molecular weight is 217 g/mol. The fourth-order valence-electron chi connectivity index (χ4n) is 1.53. The van der Waals surface area contributed by atoms with Crippen molar-refractivity contribution >= 4 is 0 Å². The van der Waals surface area contributed by atoms with Crippen LogP contribution in [-0.4, -0.2) is 19.7 Å². The molecule has 1 unspecified atom stereocenters. The van der Waals surface area contributed by atoms with Crippen molar-refractivity contribution < 1.29 is 4.74 Å². The number of rotatable bonds is 7. The fourth-order valence-corrected chi connectivity index (χ4v) is 1.53. The minimum Gasteiger partial charge on any atom is -0.494 e. The van der Waals surface area contributed by atoms with E-state index in [0.717, 1.165) is 31.6 Å². The zero-order chi connectivity index (χ0) is 11.6. The van der Waals surface area contributed by atoms with Crippen molar-refractivity contribution in [1.29, 1.82) is 0 Å². The van der Waals surface area contributed by atoms with E-state index < -0.39 is 0 Å². The van der Waals surface area contributed by atoms with Gasteiger partial charge >= 0.3 is 0 Å². The lowest BCUT2D eigenvalue weighted by atomic mass is 10.1. The molecular weight excluding hydrogens is 198 g/mol. The molecule has 0 aliphatic rings. The van der Waals surface area contributed by atoms with Crippen LogP contribution in [0.2, 0.25) is 0 Å². The van der Waals surface area contributed by atoms with E-state index in [4.69, 9.17) is 11.2 Å². The highest BCUT2D eigenvalue weighted by molar-refractivity contribution is 5.20. The number of ether oxygens (including phenoxy) is 1. The minimum absolute atomic E-state index is 0.444. The summed E-state index contributed by atoms with van der Waals surface area (Å²) < 4.78 is 5.63. The molecule has 0 radical (unpaired) electrons. The summed E-state index contributed by atoms with van der Waals surface area (Å²) in [6.07, 6.45) is 8.04. The van der Waals surface area contributed by atoms with E-state index in [1.54, 1.807) is 0 Å². The third kappa shape index (κ3) is 4.86. The lowest BCUT2D eigenvalue weighted by molar-refractivity contribution is 0.285. The lowest BCUT2D eigenvalue weighted by Crippen LogP contribution is -2.27. The molecule has 0 aliphatic carbocycles. The Labute approximate surface area is 98.0 Å². The molecular formula is C14H19NO. The van der Waals surface area contributed by atoms with Gasteiger partial charge in [-0.2, -0.15) is 0 Å². The minimum atomic E-state index is 0.444. The van der Waals surface area contributed by atoms with Crippen LogP contribution in [0.15, 0.2) is 30.3 Å². The summed E-state index contributed by atoms with van der Waals surface area (Å²) in [7, 11) is 1.96. The van der Waals surface area contributed by atoms with E-state index >= 15 is 0 Å². The summed E-state index contributed by atoms with van der Waals surface area (Å²) in [6.45, 7) is 0.722. The van der Waals surface area contributed by atoms with Crippen LogP contribution in [0, 0.1) is 12.3 Å². The van der Waals surface area contributed by atoms with E-state index in [-0.39, 0.29) is 0 Å². The smallest absolute Gasteiger partial charge is 0.119 e. The van der Waals surface area contributed by atoms with E-state index in [0.29, 0.717) is 6.04 Å². The van der Waals surface area contributed by atoms with Crippen LogP contribution in [-0.2, 0) is 0 Å². The molecule has 1 aromatic carbocycles. The number of hydrogen-bond acceptors (Lipinski definition) is 2. The van der Waals surface area contributed by atoms with Gasteiger partial charge in [-0.05, 0) is 32.0 Å². The number of hydrogen-bond donors (Lipinski definition) is 1. The predicted octanol–water partition coefficient (Wildman–Crippen LogP) is 2.46. The van der Waals surface area contributed by atoms with Gasteiger partial charge in [0.05, 0.1) is 6.61 Å². The van der Waals surface area contributed by atoms with Crippen LogP contribution < -0.4 is 10.1 Å². The van der Waals surface area contributed by atoms with Gasteiger partial charge in [-0.3, -0.25) is 0 Å². The van der Waals surface area contributed by atoms with Crippen molar-refractivity contribution in [2.24, 2.45) is 0 Å². The maximum Gasteiger partial charge on any atom is 0.119 e. The molecule has 0 aliphatic heterocycles. The van der Waals surface area contributed by atoms with Crippen LogP contribution in [0.1, 0.15) is 19.3 Å². The maximum atomic E-state index is 5.63. The standard InChI is InChI=1S/C14H19NO/c1-3-4-8-13(15-2)11-12-16-14-9-6-5-7-10-14/h1,5-7,9-10,13,15H,4,8,11-12H2,2H3. The average Bonchev–Trinajstić information content (AvgIpc) is 2.35. The van der Waals surface area contributed by atoms with Crippen molar-refractivity contribution in [3.8, 4) is 18.1 Å². The molecule has 0 bridgehead atoms. The second kappa shape index (κ2) is 7.78. The third-order valence-electron chi connectivity index (χ3n) is 2.52. The van der Waals surface area contributed by atoms with Gasteiger partial charge in [-0.25, -0.2) is 0 Å². The predicted molar refractivity (Wildman–Crippen MR) is 67.5 cm³/mol. The Kier molecular flexibility index (Phi) is 6.13. The molecule has 1 atom stereocenters. The van der Waals surface area contributed by atoms with Gasteiger partial charge in [0, 0.05) is 12.5 Å². The normalized spacial score (nSPS) is 11.8. The molecule has 86 valence electrons. The summed E-state index contributed by atoms with van der Waals surface area (Å²) in [5.74, 6) is 3.59. The number of benzene rings is 1. The molecule has 0 saturated heterocycles. The van der Waals surface area contributed by atoms with E-state index in [9.17, 15) is 0 Å². The summed E-state index contributed by atoms with van der Waals surface area (Å²) in [5.41, 5.74) is 0. The van der Waals surface area contributed by atoms with Crippen LogP contribution in [0.3, 0.4) is 0 Å². The van der Waals surface area contributed by atoms with Gasteiger partial charge in [0.25, 0.3) is 0 Å². The molecule has 0 fully saturated rings. The van der Waals surface area contributed by atoms with E-state index in [1.165, 1.54) is 0 Å². The Morgan fingerprint density at radius 2 is 2.06 bits per heavy atom. The first kappa shape index (κ1) is 12.6. The van der Waals surface area contributed by atoms with Crippen molar-refractivity contribution in [2.75, 3.05) is 13.7 Å². The quantitative estimate of drug-likeness (QED) is 0.708. The molecule has 2 heteroatoms. The summed E-state index contributed by atoms with van der Waals surface area (Å²) >= 11 is 0. The topological polar surface area (TPSA) is 21.3 Å². The molecule has 1 aromatic rings. The highest BCUT2D eigenvalue weighted by Crippen LogP contribution is 2.09.